The lowest BCUT2D eigenvalue weighted by Gasteiger charge is -2.60. The van der Waals surface area contributed by atoms with E-state index in [0.717, 1.165) is 35.5 Å². The van der Waals surface area contributed by atoms with E-state index >= 15 is 0 Å². The fourth-order valence-corrected chi connectivity index (χ4v) is 11.9. The molecule has 8 bridgehead atoms. The Morgan fingerprint density at radius 1 is 0.558 bits per heavy atom. The van der Waals surface area contributed by atoms with E-state index in [2.05, 4.69) is 85.0 Å². The summed E-state index contributed by atoms with van der Waals surface area (Å²) in [7, 11) is 0. The fraction of sp³-hybridized carbons (Fsp3) is 0.488. The maximum Gasteiger partial charge on any atom is 0.0715 e. The lowest BCUT2D eigenvalue weighted by atomic mass is 9.49. The van der Waals surface area contributed by atoms with Gasteiger partial charge in [-0.15, -0.1) is 0 Å². The molecular formula is C41H44N2. The first kappa shape index (κ1) is 25.2. The van der Waals surface area contributed by atoms with Crippen molar-refractivity contribution in [2.45, 2.75) is 76.7 Å². The van der Waals surface area contributed by atoms with Crippen LogP contribution >= 0.6 is 0 Å². The molecule has 218 valence electrons. The van der Waals surface area contributed by atoms with Crippen LogP contribution in [0.5, 0.6) is 0 Å². The van der Waals surface area contributed by atoms with Crippen LogP contribution in [0.1, 0.15) is 71.1 Å². The Morgan fingerprint density at radius 2 is 1.07 bits per heavy atom. The van der Waals surface area contributed by atoms with Crippen molar-refractivity contribution in [3.63, 3.8) is 0 Å². The molecule has 0 radical (unpaired) electrons. The van der Waals surface area contributed by atoms with Crippen molar-refractivity contribution in [1.82, 2.24) is 0 Å². The van der Waals surface area contributed by atoms with E-state index in [0.29, 0.717) is 11.8 Å². The molecule has 0 heterocycles. The van der Waals surface area contributed by atoms with E-state index in [1.807, 2.05) is 0 Å². The molecule has 0 atom stereocenters. The van der Waals surface area contributed by atoms with Gasteiger partial charge in [-0.05, 0) is 152 Å². The van der Waals surface area contributed by atoms with Crippen LogP contribution in [0.3, 0.4) is 0 Å². The first-order chi connectivity index (χ1) is 21.1. The average molecular weight is 565 g/mol. The molecule has 8 saturated carbocycles. The lowest BCUT2D eigenvalue weighted by molar-refractivity contribution is -0.0364. The largest absolute Gasteiger partial charge is 0.379 e. The summed E-state index contributed by atoms with van der Waals surface area (Å²) in [6.45, 7) is 2.58. The minimum atomic E-state index is 0.155. The molecule has 2 nitrogen and oxygen atoms in total. The first-order valence-corrected chi connectivity index (χ1v) is 17.5. The standard InChI is InChI=1S/C41H44N2/c1-41(32-20-26-15-27(22-32)23-33(41)21-26)43-37-13-11-29-7-3-5-9-35(29)39(37)38-34-8-4-2-6-28(34)10-12-36(38)42-40-30-16-24-14-25(18-30)19-31(40)17-24/h2-13,24-27,30-33,43H,14-23H2,1H3. The number of aliphatic imine (C=N–C) groups is 1. The third-order valence-electron chi connectivity index (χ3n) is 13.5. The third kappa shape index (κ3) is 3.80. The molecule has 0 amide bonds. The number of rotatable bonds is 4. The summed E-state index contributed by atoms with van der Waals surface area (Å²) in [5, 5.41) is 9.67. The molecule has 0 unspecified atom stereocenters. The molecule has 2 heteroatoms. The van der Waals surface area contributed by atoms with Gasteiger partial charge in [-0.25, -0.2) is 0 Å². The minimum absolute atomic E-state index is 0.155. The fourth-order valence-electron chi connectivity index (χ4n) is 11.9. The number of nitrogens with one attached hydrogen (secondary N) is 1. The van der Waals surface area contributed by atoms with Crippen LogP contribution in [0.15, 0.2) is 77.8 Å². The Balaban J connectivity index is 1.19. The SMILES string of the molecule is CC1(Nc2ccc3ccccc3c2-c2c(N=C3C4CC5CC(C4)CC3C5)ccc3ccccc23)C2CC3CC(C2)CC1C3. The Bertz CT molecular complexity index is 1740. The molecule has 8 aliphatic rings. The van der Waals surface area contributed by atoms with Crippen molar-refractivity contribution in [1.29, 1.82) is 0 Å². The Kier molecular flexibility index (Phi) is 5.39. The molecule has 1 N–H and O–H groups in total. The van der Waals surface area contributed by atoms with Crippen molar-refractivity contribution < 1.29 is 0 Å². The van der Waals surface area contributed by atoms with Crippen LogP contribution in [-0.4, -0.2) is 11.3 Å². The summed E-state index contributed by atoms with van der Waals surface area (Å²) in [6, 6.07) is 27.6. The summed E-state index contributed by atoms with van der Waals surface area (Å²) >= 11 is 0. The van der Waals surface area contributed by atoms with Crippen molar-refractivity contribution >= 4 is 38.6 Å². The molecule has 4 aromatic carbocycles. The average Bonchev–Trinajstić information content (AvgIpc) is 3.01. The van der Waals surface area contributed by atoms with Crippen LogP contribution in [0.4, 0.5) is 11.4 Å². The molecule has 4 aromatic rings. The predicted molar refractivity (Wildman–Crippen MR) is 180 cm³/mol. The maximum absolute atomic E-state index is 5.76. The van der Waals surface area contributed by atoms with E-state index in [1.165, 1.54) is 114 Å². The number of benzene rings is 4. The van der Waals surface area contributed by atoms with Crippen LogP contribution in [0.25, 0.3) is 32.7 Å². The van der Waals surface area contributed by atoms with Gasteiger partial charge >= 0.3 is 0 Å². The monoisotopic (exact) mass is 564 g/mol. The van der Waals surface area contributed by atoms with E-state index < -0.39 is 0 Å². The number of anilines is 1. The summed E-state index contributed by atoms with van der Waals surface area (Å²) in [4.78, 5) is 5.76. The number of hydrogen-bond donors (Lipinski definition) is 1. The molecule has 0 spiro atoms. The highest BCUT2D eigenvalue weighted by Gasteiger charge is 2.55. The quantitative estimate of drug-likeness (QED) is 0.262. The van der Waals surface area contributed by atoms with Crippen molar-refractivity contribution in [2.24, 2.45) is 52.3 Å². The van der Waals surface area contributed by atoms with E-state index in [4.69, 9.17) is 4.99 Å². The van der Waals surface area contributed by atoms with Gasteiger partial charge in [-0.1, -0.05) is 60.7 Å². The maximum atomic E-state index is 5.76. The molecule has 43 heavy (non-hydrogen) atoms. The Morgan fingerprint density at radius 3 is 1.67 bits per heavy atom. The normalized spacial score (nSPS) is 37.0. The van der Waals surface area contributed by atoms with Gasteiger partial charge in [-0.3, -0.25) is 4.99 Å². The van der Waals surface area contributed by atoms with E-state index in [1.54, 1.807) is 0 Å². The van der Waals surface area contributed by atoms with Gasteiger partial charge in [0.1, 0.15) is 0 Å². The van der Waals surface area contributed by atoms with Crippen molar-refractivity contribution in [3.8, 4) is 11.1 Å². The van der Waals surface area contributed by atoms with Gasteiger partial charge in [0, 0.05) is 28.1 Å². The van der Waals surface area contributed by atoms with Crippen LogP contribution in [0.2, 0.25) is 0 Å². The number of fused-ring (bicyclic) bond motifs is 2. The molecular weight excluding hydrogens is 520 g/mol. The summed E-state index contributed by atoms with van der Waals surface area (Å²) in [6.07, 6.45) is 14.1. The molecule has 8 fully saturated rings. The van der Waals surface area contributed by atoms with Crippen LogP contribution in [-0.2, 0) is 0 Å². The summed E-state index contributed by atoms with van der Waals surface area (Å²) in [5.41, 5.74) is 6.90. The first-order valence-electron chi connectivity index (χ1n) is 17.5. The van der Waals surface area contributed by atoms with Gasteiger partial charge in [0.2, 0.25) is 0 Å². The predicted octanol–water partition coefficient (Wildman–Crippen LogP) is 10.8. The van der Waals surface area contributed by atoms with Crippen LogP contribution in [0, 0.1) is 47.3 Å². The zero-order chi connectivity index (χ0) is 28.3. The Labute approximate surface area is 256 Å². The van der Waals surface area contributed by atoms with Gasteiger partial charge in [0.25, 0.3) is 0 Å². The van der Waals surface area contributed by atoms with Gasteiger partial charge in [0.15, 0.2) is 0 Å². The summed E-state index contributed by atoms with van der Waals surface area (Å²) < 4.78 is 0. The summed E-state index contributed by atoms with van der Waals surface area (Å²) in [5.74, 6) is 6.80. The van der Waals surface area contributed by atoms with Gasteiger partial charge in [-0.2, -0.15) is 0 Å². The molecule has 8 aliphatic carbocycles. The minimum Gasteiger partial charge on any atom is -0.379 e. The number of hydrogen-bond acceptors (Lipinski definition) is 2. The number of nitrogens with zero attached hydrogens (tertiary/aromatic N) is 1. The zero-order valence-corrected chi connectivity index (χ0v) is 25.6. The van der Waals surface area contributed by atoms with Gasteiger partial charge < -0.3 is 5.32 Å². The highest BCUT2D eigenvalue weighted by molar-refractivity contribution is 6.14. The molecule has 0 saturated heterocycles. The second-order valence-electron chi connectivity index (χ2n) is 15.9. The van der Waals surface area contributed by atoms with Crippen molar-refractivity contribution in [2.75, 3.05) is 5.32 Å². The van der Waals surface area contributed by atoms with Gasteiger partial charge in [0.05, 0.1) is 5.69 Å². The highest BCUT2D eigenvalue weighted by atomic mass is 15.0. The van der Waals surface area contributed by atoms with E-state index in [-0.39, 0.29) is 5.54 Å². The second-order valence-corrected chi connectivity index (χ2v) is 15.9. The molecule has 0 aliphatic heterocycles. The Hall–Kier alpha value is -3.13. The topological polar surface area (TPSA) is 24.4 Å². The molecule has 12 rings (SSSR count). The third-order valence-corrected chi connectivity index (χ3v) is 13.5. The lowest BCUT2D eigenvalue weighted by Crippen LogP contribution is -2.60. The second kappa shape index (κ2) is 9.19. The van der Waals surface area contributed by atoms with Crippen molar-refractivity contribution in [3.05, 3.63) is 72.8 Å². The molecule has 0 aromatic heterocycles. The highest BCUT2D eigenvalue weighted by Crippen LogP contribution is 2.60. The van der Waals surface area contributed by atoms with Crippen LogP contribution < -0.4 is 5.32 Å². The van der Waals surface area contributed by atoms with E-state index in [9.17, 15) is 0 Å². The smallest absolute Gasteiger partial charge is 0.0715 e. The zero-order valence-electron chi connectivity index (χ0n) is 25.6.